The Morgan fingerprint density at radius 1 is 1.15 bits per heavy atom. The number of ether oxygens (including phenoxy) is 1. The second-order valence-corrected chi connectivity index (χ2v) is 8.47. The fourth-order valence-electron chi connectivity index (χ4n) is 2.29. The maximum absolute atomic E-state index is 12.3. The molecule has 0 unspecified atom stereocenters. The summed E-state index contributed by atoms with van der Waals surface area (Å²) in [6, 6.07) is 11.1. The Labute approximate surface area is 155 Å². The van der Waals surface area contributed by atoms with Gasteiger partial charge in [-0.25, -0.2) is 9.63 Å². The lowest BCUT2D eigenvalue weighted by molar-refractivity contribution is 0.131. The first kappa shape index (κ1) is 18.7. The van der Waals surface area contributed by atoms with E-state index in [-0.39, 0.29) is 16.1 Å². The molecule has 142 valence electrons. The topological polar surface area (TPSA) is 114 Å². The first-order chi connectivity index (χ1) is 12.6. The zero-order chi connectivity index (χ0) is 19.7. The predicted molar refractivity (Wildman–Crippen MR) is 102 cm³/mol. The third-order valence-electron chi connectivity index (χ3n) is 3.39. The van der Waals surface area contributed by atoms with Gasteiger partial charge in [0.2, 0.25) is 0 Å². The average Bonchev–Trinajstić information content (AvgIpc) is 2.94. The van der Waals surface area contributed by atoms with Crippen molar-refractivity contribution >= 4 is 27.3 Å². The van der Waals surface area contributed by atoms with Crippen LogP contribution in [0.1, 0.15) is 26.3 Å². The quantitative estimate of drug-likeness (QED) is 0.514. The molecule has 0 atom stereocenters. The molecule has 3 aromatic rings. The van der Waals surface area contributed by atoms with E-state index in [2.05, 4.69) is 14.9 Å². The van der Waals surface area contributed by atoms with Gasteiger partial charge < -0.3 is 9.15 Å². The van der Waals surface area contributed by atoms with Crippen molar-refractivity contribution in [1.82, 2.24) is 9.82 Å². The van der Waals surface area contributed by atoms with Gasteiger partial charge in [0.15, 0.2) is 5.58 Å². The molecule has 8 nitrogen and oxygen atoms in total. The van der Waals surface area contributed by atoms with Gasteiger partial charge in [-0.3, -0.25) is 4.98 Å². The van der Waals surface area contributed by atoms with Gasteiger partial charge in [-0.1, -0.05) is 0 Å². The average molecular weight is 389 g/mol. The van der Waals surface area contributed by atoms with Crippen molar-refractivity contribution in [2.24, 2.45) is 5.10 Å². The molecule has 0 amide bonds. The molecule has 3 rings (SSSR count). The number of sulfonamides is 1. The van der Waals surface area contributed by atoms with Gasteiger partial charge in [0, 0.05) is 6.07 Å². The standard InChI is InChI=1S/C18H19N3O5S/c1-18(2,3)26-13-6-4-12(5-7-13)11-19-21-27(23,24)14-8-9-15-16(10-14)25-17(22)20-15/h4-11,21H,1-3H3,(H,20,22)/b19-11+. The fraction of sp³-hybridized carbons (Fsp3) is 0.222. The Bertz CT molecular complexity index is 1140. The molecule has 0 saturated carbocycles. The number of H-pyrrole nitrogens is 1. The molecule has 0 fully saturated rings. The van der Waals surface area contributed by atoms with Gasteiger partial charge in [-0.15, -0.1) is 0 Å². The minimum Gasteiger partial charge on any atom is -0.488 e. The molecule has 1 aromatic heterocycles. The molecule has 0 bridgehead atoms. The summed E-state index contributed by atoms with van der Waals surface area (Å²) in [5.41, 5.74) is 0.970. The van der Waals surface area contributed by atoms with Gasteiger partial charge in [-0.2, -0.15) is 13.5 Å². The maximum Gasteiger partial charge on any atom is 0.417 e. The van der Waals surface area contributed by atoms with Crippen molar-refractivity contribution in [3.05, 3.63) is 58.6 Å². The highest BCUT2D eigenvalue weighted by molar-refractivity contribution is 7.89. The van der Waals surface area contributed by atoms with E-state index in [4.69, 9.17) is 9.15 Å². The van der Waals surface area contributed by atoms with Gasteiger partial charge in [-0.05, 0) is 62.7 Å². The summed E-state index contributed by atoms with van der Waals surface area (Å²) >= 11 is 0. The van der Waals surface area contributed by atoms with Gasteiger partial charge in [0.1, 0.15) is 11.4 Å². The largest absolute Gasteiger partial charge is 0.488 e. The third-order valence-corrected chi connectivity index (χ3v) is 4.61. The zero-order valence-corrected chi connectivity index (χ0v) is 15.8. The minimum absolute atomic E-state index is 0.0659. The number of oxazole rings is 1. The summed E-state index contributed by atoms with van der Waals surface area (Å²) in [6.45, 7) is 5.85. The molecule has 27 heavy (non-hydrogen) atoms. The summed E-state index contributed by atoms with van der Waals surface area (Å²) in [5.74, 6) is 0.0611. The number of benzene rings is 2. The number of aromatic amines is 1. The normalized spacial score (nSPS) is 12.6. The van der Waals surface area contributed by atoms with E-state index < -0.39 is 15.8 Å². The SMILES string of the molecule is CC(C)(C)Oc1ccc(/C=N/NS(=O)(=O)c2ccc3[nH]c(=O)oc3c2)cc1. The summed E-state index contributed by atoms with van der Waals surface area (Å²) in [5, 5.41) is 3.78. The lowest BCUT2D eigenvalue weighted by Crippen LogP contribution is -2.22. The predicted octanol–water partition coefficient (Wildman–Crippen LogP) is 2.61. The Morgan fingerprint density at radius 2 is 1.85 bits per heavy atom. The molecule has 2 N–H and O–H groups in total. The monoisotopic (exact) mass is 389 g/mol. The van der Waals surface area contributed by atoms with Crippen LogP contribution in [0, 0.1) is 0 Å². The second kappa shape index (κ2) is 6.92. The van der Waals surface area contributed by atoms with Crippen LogP contribution in [0.2, 0.25) is 0 Å². The van der Waals surface area contributed by atoms with Crippen molar-refractivity contribution in [3.8, 4) is 5.75 Å². The van der Waals surface area contributed by atoms with E-state index in [1.165, 1.54) is 24.4 Å². The molecule has 0 saturated heterocycles. The zero-order valence-electron chi connectivity index (χ0n) is 15.0. The fourth-order valence-corrected chi connectivity index (χ4v) is 3.10. The number of hydrogen-bond donors (Lipinski definition) is 2. The minimum atomic E-state index is -3.89. The van der Waals surface area contributed by atoms with Crippen molar-refractivity contribution < 1.29 is 17.6 Å². The molecule has 0 aliphatic rings. The van der Waals surface area contributed by atoms with Crippen LogP contribution in [-0.2, 0) is 10.0 Å². The lowest BCUT2D eigenvalue weighted by atomic mass is 10.2. The number of fused-ring (bicyclic) bond motifs is 1. The van der Waals surface area contributed by atoms with E-state index in [0.717, 1.165) is 0 Å². The number of nitrogens with one attached hydrogen (secondary N) is 2. The van der Waals surface area contributed by atoms with Crippen LogP contribution in [0.25, 0.3) is 11.1 Å². The van der Waals surface area contributed by atoms with Crippen LogP contribution in [0.15, 0.2) is 61.7 Å². The summed E-state index contributed by atoms with van der Waals surface area (Å²) in [4.78, 5) is 15.7. The Kier molecular flexibility index (Phi) is 4.79. The first-order valence-electron chi connectivity index (χ1n) is 8.09. The summed E-state index contributed by atoms with van der Waals surface area (Å²) in [6.07, 6.45) is 1.38. The molecule has 2 aromatic carbocycles. The van der Waals surface area contributed by atoms with Crippen LogP contribution in [-0.4, -0.2) is 25.2 Å². The van der Waals surface area contributed by atoms with Gasteiger partial charge in [0.05, 0.1) is 16.6 Å². The first-order valence-corrected chi connectivity index (χ1v) is 9.58. The van der Waals surface area contributed by atoms with Crippen LogP contribution in [0.3, 0.4) is 0 Å². The van der Waals surface area contributed by atoms with E-state index in [1.54, 1.807) is 24.3 Å². The van der Waals surface area contributed by atoms with Gasteiger partial charge in [0.25, 0.3) is 10.0 Å². The number of hydrogen-bond acceptors (Lipinski definition) is 6. The smallest absolute Gasteiger partial charge is 0.417 e. The van der Waals surface area contributed by atoms with E-state index >= 15 is 0 Å². The lowest BCUT2D eigenvalue weighted by Gasteiger charge is -2.21. The van der Waals surface area contributed by atoms with Crippen LogP contribution < -0.4 is 15.3 Å². The number of nitrogens with zero attached hydrogens (tertiary/aromatic N) is 1. The molecule has 0 radical (unpaired) electrons. The third kappa shape index (κ3) is 4.76. The Balaban J connectivity index is 1.71. The molecule has 0 aliphatic carbocycles. The Hall–Kier alpha value is -3.07. The number of rotatable bonds is 5. The van der Waals surface area contributed by atoms with Crippen molar-refractivity contribution in [2.75, 3.05) is 0 Å². The summed E-state index contributed by atoms with van der Waals surface area (Å²) < 4.78 is 35.2. The molecule has 1 heterocycles. The van der Waals surface area contributed by atoms with Crippen molar-refractivity contribution in [3.63, 3.8) is 0 Å². The molecular weight excluding hydrogens is 370 g/mol. The molecule has 0 aliphatic heterocycles. The maximum atomic E-state index is 12.3. The second-order valence-electron chi connectivity index (χ2n) is 6.81. The molecule has 0 spiro atoms. The van der Waals surface area contributed by atoms with Crippen LogP contribution >= 0.6 is 0 Å². The van der Waals surface area contributed by atoms with Gasteiger partial charge >= 0.3 is 5.76 Å². The molecular formula is C18H19N3O5S. The van der Waals surface area contributed by atoms with Crippen LogP contribution in [0.4, 0.5) is 0 Å². The van der Waals surface area contributed by atoms with Crippen molar-refractivity contribution in [1.29, 1.82) is 0 Å². The highest BCUT2D eigenvalue weighted by Gasteiger charge is 2.15. The van der Waals surface area contributed by atoms with E-state index in [0.29, 0.717) is 16.8 Å². The molecule has 9 heteroatoms. The number of aromatic nitrogens is 1. The highest BCUT2D eigenvalue weighted by atomic mass is 32.2. The van der Waals surface area contributed by atoms with E-state index in [9.17, 15) is 13.2 Å². The highest BCUT2D eigenvalue weighted by Crippen LogP contribution is 2.18. The Morgan fingerprint density at radius 3 is 2.52 bits per heavy atom. The number of hydrazone groups is 1. The van der Waals surface area contributed by atoms with Crippen LogP contribution in [0.5, 0.6) is 5.75 Å². The summed E-state index contributed by atoms with van der Waals surface area (Å²) in [7, 11) is -3.89. The van der Waals surface area contributed by atoms with E-state index in [1.807, 2.05) is 20.8 Å². The van der Waals surface area contributed by atoms with Crippen molar-refractivity contribution in [2.45, 2.75) is 31.3 Å².